The molecule has 0 aliphatic carbocycles. The third-order valence-corrected chi connectivity index (χ3v) is 4.40. The highest BCUT2D eigenvalue weighted by molar-refractivity contribution is 7.09. The number of nitrogens with one attached hydrogen (secondary N) is 1. The van der Waals surface area contributed by atoms with E-state index in [1.54, 1.807) is 11.3 Å². The van der Waals surface area contributed by atoms with Crippen LogP contribution in [0.2, 0.25) is 0 Å². The minimum Gasteiger partial charge on any atom is -0.351 e. The second kappa shape index (κ2) is 7.32. The van der Waals surface area contributed by atoms with Crippen LogP contribution in [0.5, 0.6) is 0 Å². The first-order chi connectivity index (χ1) is 11.3. The normalized spacial score (nSPS) is 11.0. The summed E-state index contributed by atoms with van der Waals surface area (Å²) in [6.45, 7) is 2.70. The fourth-order valence-electron chi connectivity index (χ4n) is 2.34. The molecule has 3 rings (SSSR count). The summed E-state index contributed by atoms with van der Waals surface area (Å²) in [4.78, 5) is 16.4. The maximum Gasteiger partial charge on any atom is 0.270 e. The van der Waals surface area contributed by atoms with Gasteiger partial charge < -0.3 is 5.32 Å². The molecule has 0 spiro atoms. The predicted octanol–water partition coefficient (Wildman–Crippen LogP) is 2.50. The zero-order valence-corrected chi connectivity index (χ0v) is 13.8. The third kappa shape index (κ3) is 3.73. The summed E-state index contributed by atoms with van der Waals surface area (Å²) in [5.41, 5.74) is 1.36. The van der Waals surface area contributed by atoms with E-state index in [1.165, 1.54) is 0 Å². The fourth-order valence-corrected chi connectivity index (χ4v) is 3.22. The van der Waals surface area contributed by atoms with E-state index >= 15 is 0 Å². The smallest absolute Gasteiger partial charge is 0.270 e. The largest absolute Gasteiger partial charge is 0.351 e. The van der Waals surface area contributed by atoms with E-state index < -0.39 is 0 Å². The summed E-state index contributed by atoms with van der Waals surface area (Å²) in [5, 5.41) is 14.1. The van der Waals surface area contributed by atoms with Gasteiger partial charge in [0.1, 0.15) is 11.5 Å². The van der Waals surface area contributed by atoms with Gasteiger partial charge in [0.15, 0.2) is 5.65 Å². The first kappa shape index (κ1) is 15.6. The lowest BCUT2D eigenvalue weighted by Crippen LogP contribution is -2.25. The minimum atomic E-state index is -0.102. The Morgan fingerprint density at radius 1 is 1.30 bits per heavy atom. The number of hydrogen-bond acceptors (Lipinski definition) is 5. The van der Waals surface area contributed by atoms with E-state index in [9.17, 15) is 4.79 Å². The van der Waals surface area contributed by atoms with Crippen LogP contribution < -0.4 is 5.32 Å². The minimum absolute atomic E-state index is 0.102. The van der Waals surface area contributed by atoms with Crippen LogP contribution >= 0.6 is 11.3 Å². The molecule has 6 nitrogen and oxygen atoms in total. The van der Waals surface area contributed by atoms with E-state index in [2.05, 4.69) is 27.4 Å². The van der Waals surface area contributed by atoms with Crippen molar-refractivity contribution in [1.29, 1.82) is 0 Å². The average Bonchev–Trinajstić information content (AvgIpc) is 3.19. The second-order valence-corrected chi connectivity index (χ2v) is 6.22. The summed E-state index contributed by atoms with van der Waals surface area (Å²) in [6, 6.07) is 5.82. The van der Waals surface area contributed by atoms with Crippen molar-refractivity contribution < 1.29 is 4.79 Å². The number of hydrogen-bond donors (Lipinski definition) is 1. The van der Waals surface area contributed by atoms with Gasteiger partial charge in [-0.05, 0) is 31.4 Å². The number of nitrogens with zero attached hydrogens (tertiary/aromatic N) is 4. The first-order valence-corrected chi connectivity index (χ1v) is 8.67. The van der Waals surface area contributed by atoms with Crippen LogP contribution in [0.3, 0.4) is 0 Å². The van der Waals surface area contributed by atoms with Crippen molar-refractivity contribution in [2.24, 2.45) is 0 Å². The van der Waals surface area contributed by atoms with Gasteiger partial charge in [-0.1, -0.05) is 13.0 Å². The molecule has 3 aromatic rings. The molecule has 0 aliphatic heterocycles. The third-order valence-electron chi connectivity index (χ3n) is 3.50. The Kier molecular flexibility index (Phi) is 4.97. The number of carbonyl (C=O) groups is 1. The molecule has 0 bridgehead atoms. The molecule has 0 fully saturated rings. The number of thiazole rings is 1. The number of amides is 1. The summed E-state index contributed by atoms with van der Waals surface area (Å²) in [6.07, 6.45) is 5.50. The summed E-state index contributed by atoms with van der Waals surface area (Å²) in [7, 11) is 0. The summed E-state index contributed by atoms with van der Waals surface area (Å²) < 4.78 is 1.97. The number of carbonyl (C=O) groups excluding carboxylic acids is 1. The molecule has 0 aromatic carbocycles. The lowest BCUT2D eigenvalue weighted by molar-refractivity contribution is 0.0948. The molecule has 3 heterocycles. The molecule has 0 aliphatic rings. The molecular weight excluding hydrogens is 310 g/mol. The van der Waals surface area contributed by atoms with Crippen molar-refractivity contribution in [3.05, 3.63) is 46.3 Å². The Hall–Kier alpha value is -2.28. The number of aromatic nitrogens is 4. The Morgan fingerprint density at radius 3 is 3.09 bits per heavy atom. The van der Waals surface area contributed by atoms with Crippen LogP contribution in [-0.4, -0.2) is 32.0 Å². The molecule has 0 radical (unpaired) electrons. The Labute approximate surface area is 138 Å². The molecule has 1 amide bonds. The maximum absolute atomic E-state index is 12.0. The van der Waals surface area contributed by atoms with Crippen LogP contribution in [0.15, 0.2) is 29.8 Å². The zero-order chi connectivity index (χ0) is 16.1. The van der Waals surface area contributed by atoms with Crippen molar-refractivity contribution in [2.45, 2.75) is 32.6 Å². The highest BCUT2D eigenvalue weighted by Crippen LogP contribution is 2.11. The van der Waals surface area contributed by atoms with Crippen LogP contribution in [0.25, 0.3) is 5.65 Å². The molecule has 7 heteroatoms. The van der Waals surface area contributed by atoms with Gasteiger partial charge in [-0.2, -0.15) is 0 Å². The standard InChI is InChI=1S/C16H19N5OS/c1-2-6-15-18-12(11-23-15)16(22)17-9-5-8-14-20-19-13-7-3-4-10-21(13)14/h3-4,7,10-11H,2,5-6,8-9H2,1H3,(H,17,22). The number of pyridine rings is 1. The zero-order valence-electron chi connectivity index (χ0n) is 13.0. The van der Waals surface area contributed by atoms with Crippen molar-refractivity contribution in [3.63, 3.8) is 0 Å². The van der Waals surface area contributed by atoms with E-state index in [1.807, 2.05) is 34.2 Å². The molecule has 0 unspecified atom stereocenters. The summed E-state index contributed by atoms with van der Waals surface area (Å²) in [5.74, 6) is 0.809. The molecule has 0 saturated carbocycles. The molecular formula is C16H19N5OS. The van der Waals surface area contributed by atoms with E-state index in [-0.39, 0.29) is 5.91 Å². The topological polar surface area (TPSA) is 72.2 Å². The first-order valence-electron chi connectivity index (χ1n) is 7.79. The average molecular weight is 329 g/mol. The van der Waals surface area contributed by atoms with Crippen LogP contribution in [0.4, 0.5) is 0 Å². The fraction of sp³-hybridized carbons (Fsp3) is 0.375. The van der Waals surface area contributed by atoms with Crippen molar-refractivity contribution in [1.82, 2.24) is 24.9 Å². The van der Waals surface area contributed by atoms with Crippen molar-refractivity contribution in [2.75, 3.05) is 6.54 Å². The lowest BCUT2D eigenvalue weighted by atomic mass is 10.3. The Bertz CT molecular complexity index is 794. The molecule has 1 N–H and O–H groups in total. The predicted molar refractivity (Wildman–Crippen MR) is 89.8 cm³/mol. The molecule has 0 atom stereocenters. The van der Waals surface area contributed by atoms with E-state index in [0.29, 0.717) is 12.2 Å². The van der Waals surface area contributed by atoms with E-state index in [0.717, 1.165) is 42.2 Å². The highest BCUT2D eigenvalue weighted by Gasteiger charge is 2.10. The quantitative estimate of drug-likeness (QED) is 0.676. The highest BCUT2D eigenvalue weighted by atomic mass is 32.1. The van der Waals surface area contributed by atoms with Gasteiger partial charge in [-0.3, -0.25) is 9.20 Å². The molecule has 3 aromatic heterocycles. The second-order valence-electron chi connectivity index (χ2n) is 5.28. The SMILES string of the molecule is CCCc1nc(C(=O)NCCCc2nnc3ccccn23)cs1. The van der Waals surface area contributed by atoms with Gasteiger partial charge in [-0.15, -0.1) is 21.5 Å². The van der Waals surface area contributed by atoms with Gasteiger partial charge in [0.25, 0.3) is 5.91 Å². The Morgan fingerprint density at radius 2 is 2.22 bits per heavy atom. The van der Waals surface area contributed by atoms with E-state index in [4.69, 9.17) is 0 Å². The summed E-state index contributed by atoms with van der Waals surface area (Å²) >= 11 is 1.55. The van der Waals surface area contributed by atoms with Gasteiger partial charge in [-0.25, -0.2) is 4.98 Å². The van der Waals surface area contributed by atoms with Gasteiger partial charge in [0, 0.05) is 24.5 Å². The van der Waals surface area contributed by atoms with Crippen LogP contribution in [-0.2, 0) is 12.8 Å². The van der Waals surface area contributed by atoms with Crippen LogP contribution in [0, 0.1) is 0 Å². The van der Waals surface area contributed by atoms with Crippen molar-refractivity contribution in [3.8, 4) is 0 Å². The molecule has 0 saturated heterocycles. The monoisotopic (exact) mass is 329 g/mol. The molecule has 120 valence electrons. The lowest BCUT2D eigenvalue weighted by Gasteiger charge is -2.03. The number of aryl methyl sites for hydroxylation is 2. The maximum atomic E-state index is 12.0. The van der Waals surface area contributed by atoms with Gasteiger partial charge in [0.2, 0.25) is 0 Å². The van der Waals surface area contributed by atoms with Crippen molar-refractivity contribution >= 4 is 22.9 Å². The van der Waals surface area contributed by atoms with Gasteiger partial charge >= 0.3 is 0 Å². The van der Waals surface area contributed by atoms with Crippen LogP contribution in [0.1, 0.15) is 41.1 Å². The molecule has 23 heavy (non-hydrogen) atoms. The number of rotatable bonds is 7. The van der Waals surface area contributed by atoms with Gasteiger partial charge in [0.05, 0.1) is 5.01 Å². The Balaban J connectivity index is 1.48. The number of fused-ring (bicyclic) bond motifs is 1.